The minimum atomic E-state index is -0.807. The molecule has 0 spiro atoms. The Morgan fingerprint density at radius 3 is 2.56 bits per heavy atom. The van der Waals surface area contributed by atoms with E-state index in [9.17, 15) is 4.79 Å². The molecule has 0 amide bonds. The third kappa shape index (κ3) is 5.52. The zero-order valence-electron chi connectivity index (χ0n) is 14.9. The quantitative estimate of drug-likeness (QED) is 0.472. The van der Waals surface area contributed by atoms with Crippen LogP contribution in [-0.4, -0.2) is 16.8 Å². The zero-order valence-corrected chi connectivity index (χ0v) is 16.5. The normalized spacial score (nSPS) is 10.6. The van der Waals surface area contributed by atoms with Crippen molar-refractivity contribution in [3.63, 3.8) is 0 Å². The number of rotatable bonds is 7. The number of hydrogen-bond donors (Lipinski definition) is 2. The summed E-state index contributed by atoms with van der Waals surface area (Å²) in [6.07, 6.45) is 0. The summed E-state index contributed by atoms with van der Waals surface area (Å²) in [5.41, 5.74) is 5.70. The van der Waals surface area contributed by atoms with Gasteiger partial charge in [-0.2, -0.15) is 0 Å². The van der Waals surface area contributed by atoms with E-state index >= 15 is 0 Å². The van der Waals surface area contributed by atoms with E-state index in [2.05, 4.69) is 42.6 Å². The van der Waals surface area contributed by atoms with Crippen LogP contribution in [0.2, 0.25) is 5.02 Å². The van der Waals surface area contributed by atoms with Gasteiger partial charge in [-0.15, -0.1) is 11.8 Å². The molecule has 138 valence electrons. The number of carboxylic acids is 1. The molecule has 0 aromatic heterocycles. The molecule has 0 fully saturated rings. The number of nitrogens with one attached hydrogen (secondary N) is 1. The highest BCUT2D eigenvalue weighted by atomic mass is 35.5. The first-order chi connectivity index (χ1) is 13.0. The van der Waals surface area contributed by atoms with Crippen LogP contribution in [0, 0.1) is 6.92 Å². The first-order valence-electron chi connectivity index (χ1n) is 8.55. The highest BCUT2D eigenvalue weighted by Crippen LogP contribution is 2.27. The van der Waals surface area contributed by atoms with E-state index < -0.39 is 5.97 Å². The zero-order chi connectivity index (χ0) is 19.2. The summed E-state index contributed by atoms with van der Waals surface area (Å²) in [4.78, 5) is 11.6. The predicted octanol–water partition coefficient (Wildman–Crippen LogP) is 6.10. The molecule has 0 unspecified atom stereocenters. The van der Waals surface area contributed by atoms with Gasteiger partial charge < -0.3 is 10.4 Å². The van der Waals surface area contributed by atoms with Gasteiger partial charge in [-0.25, -0.2) is 0 Å². The molecule has 0 aliphatic rings. The van der Waals surface area contributed by atoms with Crippen LogP contribution in [0.5, 0.6) is 0 Å². The molecule has 2 N–H and O–H groups in total. The van der Waals surface area contributed by atoms with Gasteiger partial charge in [-0.3, -0.25) is 4.79 Å². The fourth-order valence-corrected chi connectivity index (χ4v) is 3.66. The Balaban J connectivity index is 1.65. The lowest BCUT2D eigenvalue weighted by Crippen LogP contribution is -2.00. The van der Waals surface area contributed by atoms with E-state index in [4.69, 9.17) is 16.7 Å². The van der Waals surface area contributed by atoms with Crippen LogP contribution < -0.4 is 5.32 Å². The van der Waals surface area contributed by atoms with Gasteiger partial charge in [0.2, 0.25) is 0 Å². The molecule has 0 saturated heterocycles. The van der Waals surface area contributed by atoms with Gasteiger partial charge in [0.1, 0.15) is 0 Å². The van der Waals surface area contributed by atoms with E-state index in [0.717, 1.165) is 21.2 Å². The molecule has 0 saturated carbocycles. The molecule has 0 atom stereocenters. The van der Waals surface area contributed by atoms with Crippen molar-refractivity contribution in [1.29, 1.82) is 0 Å². The van der Waals surface area contributed by atoms with Crippen molar-refractivity contribution in [2.24, 2.45) is 0 Å². The van der Waals surface area contributed by atoms with Crippen molar-refractivity contribution < 1.29 is 9.90 Å². The average Bonchev–Trinajstić information content (AvgIpc) is 2.66. The van der Waals surface area contributed by atoms with Crippen LogP contribution >= 0.6 is 23.4 Å². The van der Waals surface area contributed by atoms with Gasteiger partial charge in [0, 0.05) is 22.2 Å². The van der Waals surface area contributed by atoms with Crippen molar-refractivity contribution >= 4 is 35.0 Å². The third-order valence-electron chi connectivity index (χ3n) is 4.14. The number of carbonyl (C=O) groups is 1. The van der Waals surface area contributed by atoms with Crippen molar-refractivity contribution in [1.82, 2.24) is 0 Å². The van der Waals surface area contributed by atoms with Gasteiger partial charge in [0.25, 0.3) is 0 Å². The second kappa shape index (κ2) is 8.98. The molecule has 0 aliphatic carbocycles. The summed E-state index contributed by atoms with van der Waals surface area (Å²) in [7, 11) is 0. The maximum atomic E-state index is 10.6. The standard InChI is InChI=1S/C22H20ClNO2S/c1-15-11-18(23)5-10-21(15)17-4-2-3-16(12-17)13-24-19-6-8-20(9-7-19)27-14-22(25)26/h2-12,24H,13-14H2,1H3,(H,25,26). The summed E-state index contributed by atoms with van der Waals surface area (Å²) in [6.45, 7) is 2.78. The monoisotopic (exact) mass is 397 g/mol. The lowest BCUT2D eigenvalue weighted by atomic mass is 9.99. The van der Waals surface area contributed by atoms with Crippen LogP contribution in [0.3, 0.4) is 0 Å². The van der Waals surface area contributed by atoms with Crippen molar-refractivity contribution in [3.8, 4) is 11.1 Å². The number of benzene rings is 3. The molecule has 3 aromatic carbocycles. The molecule has 3 aromatic rings. The number of halogens is 1. The summed E-state index contributed by atoms with van der Waals surface area (Å²) >= 11 is 7.38. The second-order valence-corrected chi connectivity index (χ2v) is 7.71. The lowest BCUT2D eigenvalue weighted by molar-refractivity contribution is -0.133. The first kappa shape index (κ1) is 19.3. The van der Waals surface area contributed by atoms with Crippen molar-refractivity contribution in [3.05, 3.63) is 82.9 Å². The van der Waals surface area contributed by atoms with E-state index in [-0.39, 0.29) is 5.75 Å². The number of aryl methyl sites for hydroxylation is 1. The summed E-state index contributed by atoms with van der Waals surface area (Å²) < 4.78 is 0. The average molecular weight is 398 g/mol. The molecule has 27 heavy (non-hydrogen) atoms. The lowest BCUT2D eigenvalue weighted by Gasteiger charge is -2.11. The topological polar surface area (TPSA) is 49.3 Å². The molecule has 0 aliphatic heterocycles. The van der Waals surface area contributed by atoms with E-state index in [1.807, 2.05) is 36.4 Å². The van der Waals surface area contributed by atoms with Gasteiger partial charge in [-0.05, 0) is 71.6 Å². The Morgan fingerprint density at radius 1 is 1.07 bits per heavy atom. The summed E-state index contributed by atoms with van der Waals surface area (Å²) in [6, 6.07) is 22.2. The number of aliphatic carboxylic acids is 1. The largest absolute Gasteiger partial charge is 0.481 e. The van der Waals surface area contributed by atoms with Crippen LogP contribution in [0.4, 0.5) is 5.69 Å². The van der Waals surface area contributed by atoms with Crippen LogP contribution in [0.1, 0.15) is 11.1 Å². The Hall–Kier alpha value is -2.43. The highest BCUT2D eigenvalue weighted by molar-refractivity contribution is 8.00. The second-order valence-electron chi connectivity index (χ2n) is 6.22. The van der Waals surface area contributed by atoms with E-state index in [1.54, 1.807) is 0 Å². The first-order valence-corrected chi connectivity index (χ1v) is 9.91. The summed E-state index contributed by atoms with van der Waals surface area (Å²) in [5.74, 6) is -0.734. The molecule has 3 nitrogen and oxygen atoms in total. The SMILES string of the molecule is Cc1cc(Cl)ccc1-c1cccc(CNc2ccc(SCC(=O)O)cc2)c1. The number of thioether (sulfide) groups is 1. The van der Waals surface area contributed by atoms with Crippen molar-refractivity contribution in [2.75, 3.05) is 11.1 Å². The number of hydrogen-bond acceptors (Lipinski definition) is 3. The number of anilines is 1. The third-order valence-corrected chi connectivity index (χ3v) is 5.37. The van der Waals surface area contributed by atoms with Crippen LogP contribution in [0.25, 0.3) is 11.1 Å². The van der Waals surface area contributed by atoms with Gasteiger partial charge >= 0.3 is 5.97 Å². The molecular weight excluding hydrogens is 378 g/mol. The Morgan fingerprint density at radius 2 is 1.85 bits per heavy atom. The fraction of sp³-hybridized carbons (Fsp3) is 0.136. The molecule has 5 heteroatoms. The van der Waals surface area contributed by atoms with Gasteiger partial charge in [-0.1, -0.05) is 35.9 Å². The predicted molar refractivity (Wildman–Crippen MR) is 114 cm³/mol. The minimum absolute atomic E-state index is 0.0731. The van der Waals surface area contributed by atoms with E-state index in [1.165, 1.54) is 28.5 Å². The van der Waals surface area contributed by atoms with E-state index in [0.29, 0.717) is 6.54 Å². The molecule has 3 rings (SSSR count). The van der Waals surface area contributed by atoms with Crippen LogP contribution in [-0.2, 0) is 11.3 Å². The molecule has 0 heterocycles. The molecule has 0 radical (unpaired) electrons. The minimum Gasteiger partial charge on any atom is -0.481 e. The van der Waals surface area contributed by atoms with Gasteiger partial charge in [0.15, 0.2) is 0 Å². The molecule has 0 bridgehead atoms. The smallest absolute Gasteiger partial charge is 0.313 e. The fourth-order valence-electron chi connectivity index (χ4n) is 2.82. The van der Waals surface area contributed by atoms with Gasteiger partial charge in [0.05, 0.1) is 5.75 Å². The maximum Gasteiger partial charge on any atom is 0.313 e. The molecular formula is C22H20ClNO2S. The Labute approximate surface area is 168 Å². The number of carboxylic acid groups (broad SMARTS) is 1. The van der Waals surface area contributed by atoms with Crippen molar-refractivity contribution in [2.45, 2.75) is 18.4 Å². The highest BCUT2D eigenvalue weighted by Gasteiger charge is 2.04. The maximum absolute atomic E-state index is 10.6. The van der Waals surface area contributed by atoms with Crippen LogP contribution in [0.15, 0.2) is 71.6 Å². The Kier molecular flexibility index (Phi) is 6.43. The Bertz CT molecular complexity index is 941. The summed E-state index contributed by atoms with van der Waals surface area (Å²) in [5, 5.41) is 12.9.